The molecule has 0 radical (unpaired) electrons. The van der Waals surface area contributed by atoms with E-state index in [1.807, 2.05) is 30.3 Å². The molecule has 84 valence electrons. The number of aliphatic carboxylic acids is 1. The van der Waals surface area contributed by atoms with Crippen molar-refractivity contribution in [3.8, 4) is 0 Å². The van der Waals surface area contributed by atoms with Crippen molar-refractivity contribution in [2.24, 2.45) is 0 Å². The first-order chi connectivity index (χ1) is 7.65. The van der Waals surface area contributed by atoms with Gasteiger partial charge in [0, 0.05) is 5.57 Å². The van der Waals surface area contributed by atoms with Crippen molar-refractivity contribution in [3.63, 3.8) is 0 Å². The molecule has 2 nitrogen and oxygen atoms in total. The topological polar surface area (TPSA) is 37.3 Å². The second-order valence-electron chi connectivity index (χ2n) is 3.65. The fourth-order valence-electron chi connectivity index (χ4n) is 1.50. The maximum Gasteiger partial charge on any atom is 0.331 e. The Bertz CT molecular complexity index is 402. The van der Waals surface area contributed by atoms with Crippen LogP contribution in [0.3, 0.4) is 0 Å². The molecule has 0 heterocycles. The molecule has 0 spiro atoms. The Hall–Kier alpha value is -1.83. The molecule has 1 aromatic rings. The Kier molecular flexibility index (Phi) is 4.52. The van der Waals surface area contributed by atoms with Crippen LogP contribution < -0.4 is 0 Å². The molecule has 0 amide bonds. The van der Waals surface area contributed by atoms with Crippen molar-refractivity contribution < 1.29 is 9.90 Å². The number of carboxylic acids is 1. The molecule has 1 aromatic carbocycles. The molecule has 0 unspecified atom stereocenters. The van der Waals surface area contributed by atoms with Crippen LogP contribution in [0.25, 0.3) is 0 Å². The summed E-state index contributed by atoms with van der Waals surface area (Å²) in [5, 5.41) is 8.88. The Morgan fingerprint density at radius 1 is 1.38 bits per heavy atom. The minimum Gasteiger partial charge on any atom is -0.478 e. The molecule has 16 heavy (non-hydrogen) atoms. The van der Waals surface area contributed by atoms with Gasteiger partial charge in [-0.25, -0.2) is 4.79 Å². The monoisotopic (exact) mass is 216 g/mol. The maximum atomic E-state index is 10.8. The van der Waals surface area contributed by atoms with Crippen LogP contribution in [0.1, 0.15) is 18.9 Å². The second-order valence-corrected chi connectivity index (χ2v) is 3.65. The summed E-state index contributed by atoms with van der Waals surface area (Å²) < 4.78 is 0. The molecule has 0 saturated heterocycles. The normalized spacial score (nSPS) is 11.8. The standard InChI is InChI=1S/C14H16O2/c1-3-13(11(2)14(15)16)10-9-12-7-5-4-6-8-12/h3-8H,1,9-10H2,2H3,(H,15,16). The van der Waals surface area contributed by atoms with E-state index in [1.165, 1.54) is 5.56 Å². The highest BCUT2D eigenvalue weighted by molar-refractivity contribution is 5.87. The predicted octanol–water partition coefficient (Wildman–Crippen LogP) is 3.21. The number of hydrogen-bond donors (Lipinski definition) is 1. The molecule has 0 aliphatic heterocycles. The minimum atomic E-state index is -0.872. The summed E-state index contributed by atoms with van der Waals surface area (Å²) in [4.78, 5) is 10.8. The van der Waals surface area contributed by atoms with Crippen molar-refractivity contribution >= 4 is 5.97 Å². The summed E-state index contributed by atoms with van der Waals surface area (Å²) in [5.74, 6) is -0.872. The van der Waals surface area contributed by atoms with Crippen LogP contribution in [0, 0.1) is 0 Å². The van der Waals surface area contributed by atoms with Gasteiger partial charge in [-0.15, -0.1) is 0 Å². The zero-order chi connectivity index (χ0) is 12.0. The van der Waals surface area contributed by atoms with Crippen molar-refractivity contribution in [1.29, 1.82) is 0 Å². The van der Waals surface area contributed by atoms with Gasteiger partial charge in [0.15, 0.2) is 0 Å². The summed E-state index contributed by atoms with van der Waals surface area (Å²) in [5.41, 5.74) is 2.39. The van der Waals surface area contributed by atoms with E-state index >= 15 is 0 Å². The molecule has 2 heteroatoms. The number of aryl methyl sites for hydroxylation is 1. The molecule has 1 rings (SSSR count). The molecule has 0 bridgehead atoms. The van der Waals surface area contributed by atoms with E-state index in [0.717, 1.165) is 12.0 Å². The summed E-state index contributed by atoms with van der Waals surface area (Å²) in [6, 6.07) is 10.0. The second kappa shape index (κ2) is 5.91. The smallest absolute Gasteiger partial charge is 0.331 e. The van der Waals surface area contributed by atoms with E-state index in [4.69, 9.17) is 5.11 Å². The summed E-state index contributed by atoms with van der Waals surface area (Å²) >= 11 is 0. The number of allylic oxidation sites excluding steroid dienone is 2. The average Bonchev–Trinajstić information content (AvgIpc) is 2.30. The number of carbonyl (C=O) groups is 1. The quantitative estimate of drug-likeness (QED) is 0.606. The molecule has 0 aliphatic rings. The SMILES string of the molecule is C=CC(CCc1ccccc1)=C(C)C(=O)O. The Balaban J connectivity index is 2.70. The number of rotatable bonds is 5. The van der Waals surface area contributed by atoms with Crippen LogP contribution >= 0.6 is 0 Å². The molecule has 1 N–H and O–H groups in total. The maximum absolute atomic E-state index is 10.8. The van der Waals surface area contributed by atoms with Crippen LogP contribution in [-0.2, 0) is 11.2 Å². The van der Waals surface area contributed by atoms with Gasteiger partial charge >= 0.3 is 5.97 Å². The van der Waals surface area contributed by atoms with Gasteiger partial charge in [0.25, 0.3) is 0 Å². The van der Waals surface area contributed by atoms with Crippen LogP contribution in [-0.4, -0.2) is 11.1 Å². The average molecular weight is 216 g/mol. The van der Waals surface area contributed by atoms with E-state index in [-0.39, 0.29) is 0 Å². The first kappa shape index (κ1) is 12.2. The summed E-state index contributed by atoms with van der Waals surface area (Å²) in [6.07, 6.45) is 3.19. The highest BCUT2D eigenvalue weighted by Gasteiger charge is 2.06. The van der Waals surface area contributed by atoms with E-state index in [1.54, 1.807) is 13.0 Å². The van der Waals surface area contributed by atoms with Gasteiger partial charge in [0.05, 0.1) is 0 Å². The van der Waals surface area contributed by atoms with E-state index in [0.29, 0.717) is 12.0 Å². The van der Waals surface area contributed by atoms with Crippen LogP contribution in [0.15, 0.2) is 54.1 Å². The molecule has 0 saturated carbocycles. The van der Waals surface area contributed by atoms with Crippen LogP contribution in [0.4, 0.5) is 0 Å². The number of carboxylic acid groups (broad SMARTS) is 1. The minimum absolute atomic E-state index is 0.380. The first-order valence-electron chi connectivity index (χ1n) is 5.24. The largest absolute Gasteiger partial charge is 0.478 e. The van der Waals surface area contributed by atoms with Crippen molar-refractivity contribution in [2.75, 3.05) is 0 Å². The number of benzene rings is 1. The predicted molar refractivity (Wildman–Crippen MR) is 65.3 cm³/mol. The molecular weight excluding hydrogens is 200 g/mol. The van der Waals surface area contributed by atoms with Crippen LogP contribution in [0.2, 0.25) is 0 Å². The summed E-state index contributed by atoms with van der Waals surface area (Å²) in [6.45, 7) is 5.27. The van der Waals surface area contributed by atoms with E-state index < -0.39 is 5.97 Å². The van der Waals surface area contributed by atoms with Crippen molar-refractivity contribution in [2.45, 2.75) is 19.8 Å². The molecular formula is C14H16O2. The Morgan fingerprint density at radius 3 is 2.50 bits per heavy atom. The lowest BCUT2D eigenvalue weighted by atomic mass is 10.0. The zero-order valence-electron chi connectivity index (χ0n) is 9.44. The van der Waals surface area contributed by atoms with Crippen LogP contribution in [0.5, 0.6) is 0 Å². The van der Waals surface area contributed by atoms with Crippen molar-refractivity contribution in [1.82, 2.24) is 0 Å². The van der Waals surface area contributed by atoms with Gasteiger partial charge in [-0.3, -0.25) is 0 Å². The van der Waals surface area contributed by atoms with Gasteiger partial charge < -0.3 is 5.11 Å². The Morgan fingerprint density at radius 2 is 2.00 bits per heavy atom. The van der Waals surface area contributed by atoms with Gasteiger partial charge in [-0.1, -0.05) is 43.0 Å². The van der Waals surface area contributed by atoms with Gasteiger partial charge in [-0.2, -0.15) is 0 Å². The lowest BCUT2D eigenvalue weighted by Crippen LogP contribution is -2.01. The number of hydrogen-bond acceptors (Lipinski definition) is 1. The van der Waals surface area contributed by atoms with E-state index in [2.05, 4.69) is 6.58 Å². The first-order valence-corrected chi connectivity index (χ1v) is 5.24. The zero-order valence-corrected chi connectivity index (χ0v) is 9.44. The molecule has 0 aliphatic carbocycles. The lowest BCUT2D eigenvalue weighted by molar-refractivity contribution is -0.132. The Labute approximate surface area is 95.9 Å². The summed E-state index contributed by atoms with van der Waals surface area (Å²) in [7, 11) is 0. The third kappa shape index (κ3) is 3.39. The molecule has 0 fully saturated rings. The lowest BCUT2D eigenvalue weighted by Gasteiger charge is -2.05. The fourth-order valence-corrected chi connectivity index (χ4v) is 1.50. The fraction of sp³-hybridized carbons (Fsp3) is 0.214. The molecule has 0 aromatic heterocycles. The van der Waals surface area contributed by atoms with Gasteiger partial charge in [-0.05, 0) is 30.9 Å². The third-order valence-corrected chi connectivity index (χ3v) is 2.57. The highest BCUT2D eigenvalue weighted by atomic mass is 16.4. The van der Waals surface area contributed by atoms with Gasteiger partial charge in [0.1, 0.15) is 0 Å². The highest BCUT2D eigenvalue weighted by Crippen LogP contribution is 2.14. The van der Waals surface area contributed by atoms with Gasteiger partial charge in [0.2, 0.25) is 0 Å². The van der Waals surface area contributed by atoms with Crippen molar-refractivity contribution in [3.05, 3.63) is 59.7 Å². The van der Waals surface area contributed by atoms with E-state index in [9.17, 15) is 4.79 Å². The third-order valence-electron chi connectivity index (χ3n) is 2.57. The molecule has 0 atom stereocenters.